The summed E-state index contributed by atoms with van der Waals surface area (Å²) in [6, 6.07) is 10.6. The molecule has 1 unspecified atom stereocenters. The van der Waals surface area contributed by atoms with E-state index in [1.165, 1.54) is 12.1 Å². The second-order valence-corrected chi connectivity index (χ2v) is 17.0. The van der Waals surface area contributed by atoms with Gasteiger partial charge in [-0.2, -0.15) is 20.2 Å². The van der Waals surface area contributed by atoms with Crippen molar-refractivity contribution in [2.24, 2.45) is 7.05 Å². The van der Waals surface area contributed by atoms with Crippen LogP contribution in [-0.2, 0) is 22.9 Å². The van der Waals surface area contributed by atoms with Crippen molar-refractivity contribution < 1.29 is 18.3 Å². The zero-order valence-electron chi connectivity index (χ0n) is 35.7. The average molecular weight is 863 g/mol. The lowest BCUT2D eigenvalue weighted by atomic mass is 10.0. The van der Waals surface area contributed by atoms with Crippen LogP contribution in [0, 0.1) is 32.4 Å². The van der Waals surface area contributed by atoms with Crippen LogP contribution in [0.1, 0.15) is 64.7 Å². The predicted octanol–water partition coefficient (Wildman–Crippen LogP) is 6.72. The van der Waals surface area contributed by atoms with Crippen LogP contribution in [-0.4, -0.2) is 98.3 Å². The Hall–Kier alpha value is -6.92. The van der Waals surface area contributed by atoms with Crippen molar-refractivity contribution in [1.29, 1.82) is 0 Å². The van der Waals surface area contributed by atoms with Crippen LogP contribution in [0.15, 0.2) is 73.6 Å². The number of aryl methyl sites for hydroxylation is 4. The zero-order valence-corrected chi connectivity index (χ0v) is 35.7. The molecule has 2 aliphatic heterocycles. The van der Waals surface area contributed by atoms with Crippen molar-refractivity contribution in [3.05, 3.63) is 119 Å². The van der Waals surface area contributed by atoms with Crippen LogP contribution in [0.4, 0.5) is 20.7 Å². The summed E-state index contributed by atoms with van der Waals surface area (Å²) in [5, 5.41) is 8.97. The topological polar surface area (TPSA) is 164 Å². The molecule has 0 amide bonds. The maximum absolute atomic E-state index is 16.7. The van der Waals surface area contributed by atoms with Crippen LogP contribution < -0.4 is 9.80 Å². The van der Waals surface area contributed by atoms with E-state index in [1.54, 1.807) is 35.4 Å². The van der Waals surface area contributed by atoms with Crippen molar-refractivity contribution in [2.45, 2.75) is 64.4 Å². The van der Waals surface area contributed by atoms with Gasteiger partial charge in [0.2, 0.25) is 11.9 Å². The molecule has 0 N–H and O–H groups in total. The van der Waals surface area contributed by atoms with Gasteiger partial charge in [0, 0.05) is 73.6 Å². The number of morpholine rings is 2. The van der Waals surface area contributed by atoms with Gasteiger partial charge in [0.25, 0.3) is 0 Å². The minimum atomic E-state index is -0.466. The summed E-state index contributed by atoms with van der Waals surface area (Å²) >= 11 is 0. The van der Waals surface area contributed by atoms with Gasteiger partial charge in [-0.1, -0.05) is 12.1 Å². The summed E-state index contributed by atoms with van der Waals surface area (Å²) < 4.78 is 48.9. The average Bonchev–Trinajstić information content (AvgIpc) is 3.84. The lowest BCUT2D eigenvalue weighted by Crippen LogP contribution is -2.45. The van der Waals surface area contributed by atoms with E-state index in [0.717, 1.165) is 29.5 Å². The number of anilines is 2. The lowest BCUT2D eigenvalue weighted by molar-refractivity contribution is -0.0274. The first-order chi connectivity index (χ1) is 31.1. The number of ether oxygens (including phenoxy) is 2. The van der Waals surface area contributed by atoms with Gasteiger partial charge < -0.3 is 19.3 Å². The van der Waals surface area contributed by atoms with Gasteiger partial charge in [0.15, 0.2) is 11.3 Å². The molecule has 1 aliphatic carbocycles. The van der Waals surface area contributed by atoms with E-state index in [-0.39, 0.29) is 11.7 Å². The SMILES string of the molecule is Cc1ccc(-c2nc(N3CC(Cc4ccc(-c5nc(N6CCO[C@@H](c7cnn(C8CC8)c7)C6)nc6nc(C)cnc56)c(F)c4)O[C@@H](c4cnn(C)c4)C3)nc3nc(C)cnc23)c(F)c1. The van der Waals surface area contributed by atoms with Gasteiger partial charge in [-0.3, -0.25) is 9.36 Å². The molecule has 8 heterocycles. The summed E-state index contributed by atoms with van der Waals surface area (Å²) in [7, 11) is 1.85. The Morgan fingerprint density at radius 1 is 0.672 bits per heavy atom. The molecule has 0 bridgehead atoms. The number of nitrogens with zero attached hydrogens (tertiary/aromatic N) is 14. The van der Waals surface area contributed by atoms with Gasteiger partial charge in [0.1, 0.15) is 46.3 Å². The third-order valence-corrected chi connectivity index (χ3v) is 12.0. The highest BCUT2D eigenvalue weighted by atomic mass is 19.1. The standard InChI is InChI=1S/C46H44F2N14O2/c1-25-5-9-33(35(47)13-25)39-41-44(54-27(3)17-49-41)58-46(56-39)61-22-32(64-38(24-61)29-18-51-59(4)20-29)14-28-6-10-34(36(48)15-28)40-42-43(53-26(2)16-50-42)57-45(55-40)60-11-12-63-37(23-60)30-19-52-62(21-30)31-7-8-31/h5-6,9-10,13,15-21,31-32,37-38H,7-8,11-12,14,22-24H2,1-4H3/t32?,37-,38-/m1/s1. The molecule has 1 saturated carbocycles. The molecule has 2 saturated heterocycles. The molecule has 18 heteroatoms. The molecular formula is C46H44F2N14O2. The number of hydrogen-bond acceptors (Lipinski definition) is 14. The minimum absolute atomic E-state index is 0.219. The number of halogens is 2. The first kappa shape index (κ1) is 39.9. The van der Waals surface area contributed by atoms with Crippen molar-refractivity contribution in [1.82, 2.24) is 59.4 Å². The molecule has 8 aromatic rings. The first-order valence-electron chi connectivity index (χ1n) is 21.5. The van der Waals surface area contributed by atoms with E-state index >= 15 is 8.78 Å². The second kappa shape index (κ2) is 16.0. The number of benzene rings is 2. The predicted molar refractivity (Wildman–Crippen MR) is 233 cm³/mol. The molecule has 0 radical (unpaired) electrons. The van der Waals surface area contributed by atoms with Crippen LogP contribution in [0.3, 0.4) is 0 Å². The van der Waals surface area contributed by atoms with Crippen molar-refractivity contribution in [3.63, 3.8) is 0 Å². The molecule has 3 atom stereocenters. The molecule has 6 aromatic heterocycles. The van der Waals surface area contributed by atoms with Gasteiger partial charge in [-0.25, -0.2) is 38.7 Å². The van der Waals surface area contributed by atoms with Crippen molar-refractivity contribution in [2.75, 3.05) is 42.6 Å². The Bertz CT molecular complexity index is 3080. The van der Waals surface area contributed by atoms with Gasteiger partial charge in [-0.15, -0.1) is 0 Å². The highest BCUT2D eigenvalue weighted by Crippen LogP contribution is 2.37. The molecule has 3 fully saturated rings. The number of aromatic nitrogens is 12. The van der Waals surface area contributed by atoms with Gasteiger partial charge in [-0.05, 0) is 69.0 Å². The van der Waals surface area contributed by atoms with Crippen molar-refractivity contribution >= 4 is 34.2 Å². The Morgan fingerprint density at radius 2 is 1.31 bits per heavy atom. The molecule has 16 nitrogen and oxygen atoms in total. The Morgan fingerprint density at radius 3 is 1.97 bits per heavy atom. The van der Waals surface area contributed by atoms with E-state index in [1.807, 2.05) is 61.9 Å². The molecule has 3 aliphatic rings. The zero-order chi connectivity index (χ0) is 43.6. The molecule has 0 spiro atoms. The van der Waals surface area contributed by atoms with Gasteiger partial charge >= 0.3 is 0 Å². The molecule has 11 rings (SSSR count). The maximum Gasteiger partial charge on any atom is 0.228 e. The van der Waals surface area contributed by atoms with E-state index < -0.39 is 23.8 Å². The highest BCUT2D eigenvalue weighted by molar-refractivity contribution is 5.89. The fourth-order valence-corrected chi connectivity index (χ4v) is 8.57. The second-order valence-electron chi connectivity index (χ2n) is 17.0. The molecule has 324 valence electrons. The minimum Gasteiger partial charge on any atom is -0.370 e. The van der Waals surface area contributed by atoms with Crippen LogP contribution in [0.25, 0.3) is 44.8 Å². The highest BCUT2D eigenvalue weighted by Gasteiger charge is 2.34. The number of fused-ring (bicyclic) bond motifs is 2. The monoisotopic (exact) mass is 862 g/mol. The van der Waals surface area contributed by atoms with Crippen LogP contribution >= 0.6 is 0 Å². The summed E-state index contributed by atoms with van der Waals surface area (Å²) in [6.07, 6.45) is 12.4. The molecular weight excluding hydrogens is 819 g/mol. The number of rotatable bonds is 9. The molecule has 64 heavy (non-hydrogen) atoms. The van der Waals surface area contributed by atoms with E-state index in [9.17, 15) is 0 Å². The smallest absolute Gasteiger partial charge is 0.228 e. The quantitative estimate of drug-likeness (QED) is 0.150. The first-order valence-corrected chi connectivity index (χ1v) is 21.5. The maximum atomic E-state index is 16.7. The van der Waals surface area contributed by atoms with Crippen molar-refractivity contribution in [3.8, 4) is 22.5 Å². The fourth-order valence-electron chi connectivity index (χ4n) is 8.57. The van der Waals surface area contributed by atoms with E-state index in [4.69, 9.17) is 34.4 Å². The number of hydrogen-bond donors (Lipinski definition) is 0. The third-order valence-electron chi connectivity index (χ3n) is 12.0. The van der Waals surface area contributed by atoms with E-state index in [0.29, 0.717) is 113 Å². The Labute approximate surface area is 366 Å². The summed E-state index contributed by atoms with van der Waals surface area (Å²) in [5.41, 5.74) is 7.55. The van der Waals surface area contributed by atoms with Crippen LogP contribution in [0.5, 0.6) is 0 Å². The summed E-state index contributed by atoms with van der Waals surface area (Å²) in [5.74, 6) is -0.0981. The third kappa shape index (κ3) is 7.76. The Kier molecular flexibility index (Phi) is 9.98. The normalized spacial score (nSPS) is 19.2. The largest absolute Gasteiger partial charge is 0.370 e. The fraction of sp³-hybridized carbons (Fsp3) is 0.348. The van der Waals surface area contributed by atoms with Gasteiger partial charge in [0.05, 0.1) is 55.6 Å². The Balaban J connectivity index is 0.907. The molecule has 2 aromatic carbocycles. The van der Waals surface area contributed by atoms with Crippen LogP contribution in [0.2, 0.25) is 0 Å². The summed E-state index contributed by atoms with van der Waals surface area (Å²) in [6.45, 7) is 7.78. The van der Waals surface area contributed by atoms with E-state index in [2.05, 4.69) is 36.2 Å². The lowest BCUT2D eigenvalue weighted by Gasteiger charge is -2.38. The summed E-state index contributed by atoms with van der Waals surface area (Å²) in [4.78, 5) is 42.3.